The lowest BCUT2D eigenvalue weighted by Crippen LogP contribution is -2.32. The fraction of sp³-hybridized carbons (Fsp3) is 0.522. The lowest BCUT2D eigenvalue weighted by Gasteiger charge is -2.23. The Bertz CT molecular complexity index is 1050. The lowest BCUT2D eigenvalue weighted by atomic mass is 9.97. The minimum atomic E-state index is -0.527. The molecule has 1 aliphatic rings. The summed E-state index contributed by atoms with van der Waals surface area (Å²) in [6, 6.07) is 6.03. The number of fused-ring (bicyclic) bond motifs is 1. The lowest BCUT2D eigenvalue weighted by molar-refractivity contribution is -0.383. The van der Waals surface area contributed by atoms with Crippen molar-refractivity contribution in [2.45, 2.75) is 57.5 Å². The number of carbonyl (C=O) groups excluding carboxylic acids is 1. The zero-order chi connectivity index (χ0) is 23.8. The first kappa shape index (κ1) is 24.9. The van der Waals surface area contributed by atoms with E-state index in [-0.39, 0.29) is 28.7 Å². The van der Waals surface area contributed by atoms with Crippen molar-refractivity contribution >= 4 is 29.0 Å². The fourth-order valence-electron chi connectivity index (χ4n) is 4.15. The normalized spacial score (nSPS) is 13.1. The highest BCUT2D eigenvalue weighted by atomic mass is 32.2. The van der Waals surface area contributed by atoms with Gasteiger partial charge >= 0.3 is 5.69 Å². The van der Waals surface area contributed by atoms with E-state index in [0.29, 0.717) is 11.6 Å². The summed E-state index contributed by atoms with van der Waals surface area (Å²) in [7, 11) is 0. The number of nitrogens with one attached hydrogen (secondary N) is 1. The molecule has 33 heavy (non-hydrogen) atoms. The smallest absolute Gasteiger partial charge is 0.320 e. The third-order valence-electron chi connectivity index (χ3n) is 5.92. The summed E-state index contributed by atoms with van der Waals surface area (Å²) in [5, 5.41) is 14.4. The number of carbonyl (C=O) groups is 1. The number of rotatable bonds is 11. The Morgan fingerprint density at radius 2 is 1.97 bits per heavy atom. The first-order valence-corrected chi connectivity index (χ1v) is 12.4. The van der Waals surface area contributed by atoms with Crippen molar-refractivity contribution in [3.63, 3.8) is 0 Å². The summed E-state index contributed by atoms with van der Waals surface area (Å²) in [6.45, 7) is 7.84. The second-order valence-corrected chi connectivity index (χ2v) is 8.94. The Labute approximate surface area is 197 Å². The first-order chi connectivity index (χ1) is 15.9. The second-order valence-electron chi connectivity index (χ2n) is 7.98. The van der Waals surface area contributed by atoms with Gasteiger partial charge in [0.05, 0.1) is 10.7 Å². The van der Waals surface area contributed by atoms with Crippen LogP contribution in [0.3, 0.4) is 0 Å². The van der Waals surface area contributed by atoms with Crippen LogP contribution in [0.4, 0.5) is 11.4 Å². The molecule has 2 aromatic rings. The maximum Gasteiger partial charge on any atom is 0.348 e. The van der Waals surface area contributed by atoms with Crippen LogP contribution in [0.1, 0.15) is 44.4 Å². The Morgan fingerprint density at radius 1 is 1.24 bits per heavy atom. The van der Waals surface area contributed by atoms with Gasteiger partial charge < -0.3 is 10.2 Å². The van der Waals surface area contributed by atoms with Crippen LogP contribution in [0.25, 0.3) is 0 Å². The van der Waals surface area contributed by atoms with E-state index in [2.05, 4.69) is 29.0 Å². The highest BCUT2D eigenvalue weighted by Crippen LogP contribution is 2.29. The Hall–Kier alpha value is -2.72. The Morgan fingerprint density at radius 3 is 2.70 bits per heavy atom. The van der Waals surface area contributed by atoms with E-state index in [1.165, 1.54) is 23.9 Å². The average molecular weight is 474 g/mol. The molecular weight excluding hydrogens is 442 g/mol. The molecule has 0 atom stereocenters. The summed E-state index contributed by atoms with van der Waals surface area (Å²) in [5.41, 5.74) is 1.84. The summed E-state index contributed by atoms with van der Waals surface area (Å²) in [6.07, 6.45) is 4.64. The molecule has 0 saturated carbocycles. The van der Waals surface area contributed by atoms with Gasteiger partial charge in [0.25, 0.3) is 5.69 Å². The molecule has 1 heterocycles. The van der Waals surface area contributed by atoms with E-state index in [1.807, 2.05) is 4.57 Å². The molecule has 9 nitrogen and oxygen atoms in total. The topological polar surface area (TPSA) is 110 Å². The Kier molecular flexibility index (Phi) is 9.02. The molecule has 0 radical (unpaired) electrons. The van der Waals surface area contributed by atoms with Crippen molar-refractivity contribution in [2.75, 3.05) is 30.7 Å². The van der Waals surface area contributed by atoms with Gasteiger partial charge in [-0.25, -0.2) is 4.79 Å². The van der Waals surface area contributed by atoms with Crippen molar-refractivity contribution < 1.29 is 9.72 Å². The van der Waals surface area contributed by atoms with E-state index in [0.717, 1.165) is 63.0 Å². The third-order valence-corrected chi connectivity index (χ3v) is 6.93. The third kappa shape index (κ3) is 6.42. The van der Waals surface area contributed by atoms with Gasteiger partial charge in [-0.15, -0.1) is 0 Å². The van der Waals surface area contributed by atoms with Gasteiger partial charge in [0.1, 0.15) is 10.7 Å². The summed E-state index contributed by atoms with van der Waals surface area (Å²) in [5.74, 6) is -0.347. The molecule has 1 aromatic carbocycles. The molecule has 10 heteroatoms. The van der Waals surface area contributed by atoms with Gasteiger partial charge in [-0.3, -0.25) is 19.5 Å². The van der Waals surface area contributed by atoms with Gasteiger partial charge in [0.15, 0.2) is 0 Å². The van der Waals surface area contributed by atoms with E-state index in [4.69, 9.17) is 0 Å². The van der Waals surface area contributed by atoms with Gasteiger partial charge in [0, 0.05) is 23.9 Å². The quantitative estimate of drug-likeness (QED) is 0.230. The Balaban J connectivity index is 1.71. The van der Waals surface area contributed by atoms with Crippen molar-refractivity contribution in [3.05, 3.63) is 56.1 Å². The van der Waals surface area contributed by atoms with Gasteiger partial charge in [-0.2, -0.15) is 4.98 Å². The van der Waals surface area contributed by atoms with Crippen molar-refractivity contribution in [1.29, 1.82) is 0 Å². The average Bonchev–Trinajstić information content (AvgIpc) is 2.82. The number of nitro benzene ring substituents is 1. The van der Waals surface area contributed by atoms with Crippen LogP contribution in [-0.2, 0) is 24.2 Å². The van der Waals surface area contributed by atoms with Crippen LogP contribution in [0, 0.1) is 10.1 Å². The zero-order valence-corrected chi connectivity index (χ0v) is 20.0. The summed E-state index contributed by atoms with van der Waals surface area (Å²) < 4.78 is 1.81. The maximum atomic E-state index is 12.8. The number of para-hydroxylation sites is 2. The number of aromatic nitrogens is 2. The number of benzene rings is 1. The zero-order valence-electron chi connectivity index (χ0n) is 19.2. The van der Waals surface area contributed by atoms with Crippen LogP contribution in [-0.4, -0.2) is 50.7 Å². The standard InChI is InChI=1S/C23H31N5O4S/c1-3-26(4-2)14-9-15-27-19-12-7-5-10-17(19)22(25-23(27)30)33-16-21(29)24-18-11-6-8-13-20(18)28(31)32/h6,8,11,13H,3-5,7,9-10,12,14-16H2,1-2H3,(H,24,29). The molecule has 1 aromatic heterocycles. The molecule has 3 rings (SSSR count). The number of nitro groups is 1. The number of anilines is 1. The molecule has 0 fully saturated rings. The number of thioether (sulfide) groups is 1. The molecule has 178 valence electrons. The molecule has 1 N–H and O–H groups in total. The molecule has 0 unspecified atom stereocenters. The van der Waals surface area contributed by atoms with E-state index in [1.54, 1.807) is 12.1 Å². The van der Waals surface area contributed by atoms with Crippen LogP contribution in [0.15, 0.2) is 34.1 Å². The molecular formula is C23H31N5O4S. The maximum absolute atomic E-state index is 12.8. The molecule has 1 aliphatic carbocycles. The highest BCUT2D eigenvalue weighted by Gasteiger charge is 2.22. The monoisotopic (exact) mass is 473 g/mol. The van der Waals surface area contributed by atoms with Gasteiger partial charge in [-0.1, -0.05) is 37.7 Å². The predicted octanol–water partition coefficient (Wildman–Crippen LogP) is 3.49. The van der Waals surface area contributed by atoms with E-state index in [9.17, 15) is 19.7 Å². The predicted molar refractivity (Wildman–Crippen MR) is 130 cm³/mol. The van der Waals surface area contributed by atoms with Crippen LogP contribution in [0.2, 0.25) is 0 Å². The van der Waals surface area contributed by atoms with Crippen LogP contribution < -0.4 is 11.0 Å². The fourth-order valence-corrected chi connectivity index (χ4v) is 5.03. The summed E-state index contributed by atoms with van der Waals surface area (Å²) >= 11 is 1.22. The van der Waals surface area contributed by atoms with Crippen molar-refractivity contribution in [3.8, 4) is 0 Å². The van der Waals surface area contributed by atoms with E-state index < -0.39 is 4.92 Å². The largest absolute Gasteiger partial charge is 0.348 e. The highest BCUT2D eigenvalue weighted by molar-refractivity contribution is 8.00. The van der Waals surface area contributed by atoms with Gasteiger partial charge in [0.2, 0.25) is 5.91 Å². The van der Waals surface area contributed by atoms with Crippen LogP contribution in [0.5, 0.6) is 0 Å². The molecule has 0 saturated heterocycles. The van der Waals surface area contributed by atoms with Crippen molar-refractivity contribution in [1.82, 2.24) is 14.5 Å². The number of nitrogens with zero attached hydrogens (tertiary/aromatic N) is 4. The minimum absolute atomic E-state index is 0.0247. The SMILES string of the molecule is CCN(CC)CCCn1c2c(c(SCC(=O)Nc3ccccc3[N+](=O)[O-])nc1=O)CCCC2. The number of hydrogen-bond donors (Lipinski definition) is 1. The minimum Gasteiger partial charge on any atom is -0.320 e. The summed E-state index contributed by atoms with van der Waals surface area (Å²) in [4.78, 5) is 42.6. The van der Waals surface area contributed by atoms with Crippen LogP contribution >= 0.6 is 11.8 Å². The number of amides is 1. The molecule has 0 bridgehead atoms. The molecule has 1 amide bonds. The van der Waals surface area contributed by atoms with Gasteiger partial charge in [-0.05, 0) is 57.8 Å². The molecule has 0 aliphatic heterocycles. The second kappa shape index (κ2) is 11.9. The molecule has 0 spiro atoms. The van der Waals surface area contributed by atoms with Crippen molar-refractivity contribution in [2.24, 2.45) is 0 Å². The van der Waals surface area contributed by atoms with E-state index >= 15 is 0 Å². The first-order valence-electron chi connectivity index (χ1n) is 11.5. The number of hydrogen-bond acceptors (Lipinski definition) is 7.